The first-order valence-corrected chi connectivity index (χ1v) is 6.41. The van der Waals surface area contributed by atoms with Gasteiger partial charge in [-0.25, -0.2) is 9.37 Å². The molecule has 94 valence electrons. The van der Waals surface area contributed by atoms with Gasteiger partial charge in [0, 0.05) is 19.3 Å². The molecule has 1 fully saturated rings. The molecule has 0 spiro atoms. The van der Waals surface area contributed by atoms with Crippen molar-refractivity contribution in [2.24, 2.45) is 0 Å². The normalized spacial score (nSPS) is 17.1. The summed E-state index contributed by atoms with van der Waals surface area (Å²) in [7, 11) is 0. The van der Waals surface area contributed by atoms with Crippen LogP contribution in [0.1, 0.15) is 19.3 Å². The summed E-state index contributed by atoms with van der Waals surface area (Å²) in [6.45, 7) is 3.95. The molecule has 0 bridgehead atoms. The molecule has 0 aromatic carbocycles. The van der Waals surface area contributed by atoms with Gasteiger partial charge in [-0.05, 0) is 32.0 Å². The van der Waals surface area contributed by atoms with E-state index in [4.69, 9.17) is 11.6 Å². The van der Waals surface area contributed by atoms with Gasteiger partial charge in [-0.3, -0.25) is 0 Å². The molecule has 0 saturated carbocycles. The molecule has 0 unspecified atom stereocenters. The van der Waals surface area contributed by atoms with Crippen LogP contribution in [0, 0.1) is 5.82 Å². The summed E-state index contributed by atoms with van der Waals surface area (Å²) >= 11 is 5.63. The number of pyridine rings is 1. The number of likely N-dealkylation sites (tertiary alicyclic amines) is 1. The summed E-state index contributed by atoms with van der Waals surface area (Å²) in [5, 5.41) is 3.32. The number of hydrogen-bond donors (Lipinski definition) is 1. The van der Waals surface area contributed by atoms with E-state index in [0.29, 0.717) is 11.6 Å². The summed E-state index contributed by atoms with van der Waals surface area (Å²) in [6.07, 6.45) is 5.33. The van der Waals surface area contributed by atoms with E-state index in [1.807, 2.05) is 0 Å². The van der Waals surface area contributed by atoms with Gasteiger partial charge < -0.3 is 10.2 Å². The number of nitrogens with zero attached hydrogens (tertiary/aromatic N) is 2. The third kappa shape index (κ3) is 3.82. The average molecular weight is 258 g/mol. The predicted octanol–water partition coefficient (Wildman–Crippen LogP) is 2.77. The van der Waals surface area contributed by atoms with Crippen molar-refractivity contribution < 1.29 is 4.39 Å². The van der Waals surface area contributed by atoms with Crippen LogP contribution >= 0.6 is 11.6 Å². The highest BCUT2D eigenvalue weighted by molar-refractivity contribution is 6.30. The van der Waals surface area contributed by atoms with E-state index >= 15 is 0 Å². The number of hydrogen-bond acceptors (Lipinski definition) is 3. The zero-order valence-corrected chi connectivity index (χ0v) is 10.5. The fourth-order valence-electron chi connectivity index (χ4n) is 2.06. The van der Waals surface area contributed by atoms with E-state index in [1.165, 1.54) is 31.5 Å². The number of nitrogens with one attached hydrogen (secondary N) is 1. The van der Waals surface area contributed by atoms with Crippen LogP contribution in [0.5, 0.6) is 0 Å². The van der Waals surface area contributed by atoms with Crippen molar-refractivity contribution in [3.63, 3.8) is 0 Å². The molecule has 0 radical (unpaired) electrons. The molecule has 0 amide bonds. The minimum Gasteiger partial charge on any atom is -0.366 e. The Kier molecular flexibility index (Phi) is 4.57. The summed E-state index contributed by atoms with van der Waals surface area (Å²) in [4.78, 5) is 6.32. The minimum absolute atomic E-state index is 0.284. The van der Waals surface area contributed by atoms with Crippen LogP contribution in [0.4, 0.5) is 10.2 Å². The van der Waals surface area contributed by atoms with E-state index in [9.17, 15) is 4.39 Å². The maximum absolute atomic E-state index is 13.4. The first-order valence-electron chi connectivity index (χ1n) is 6.03. The lowest BCUT2D eigenvalue weighted by Crippen LogP contribution is -2.33. The minimum atomic E-state index is -0.392. The van der Waals surface area contributed by atoms with Crippen molar-refractivity contribution in [1.82, 2.24) is 9.88 Å². The molecule has 2 heterocycles. The zero-order valence-electron chi connectivity index (χ0n) is 9.75. The van der Waals surface area contributed by atoms with Gasteiger partial charge in [0.25, 0.3) is 0 Å². The highest BCUT2D eigenvalue weighted by atomic mass is 35.5. The van der Waals surface area contributed by atoms with Gasteiger partial charge >= 0.3 is 0 Å². The molecule has 5 heteroatoms. The first-order chi connectivity index (χ1) is 8.25. The number of anilines is 1. The Morgan fingerprint density at radius 1 is 1.35 bits per heavy atom. The molecular formula is C12H17ClFN3. The Morgan fingerprint density at radius 3 is 2.82 bits per heavy atom. The van der Waals surface area contributed by atoms with E-state index in [-0.39, 0.29) is 5.82 Å². The lowest BCUT2D eigenvalue weighted by Gasteiger charge is -2.26. The Labute approximate surface area is 106 Å². The number of piperidine rings is 1. The van der Waals surface area contributed by atoms with Crippen molar-refractivity contribution in [2.45, 2.75) is 19.3 Å². The SMILES string of the molecule is Fc1cc(Cl)cnc1NCCN1CCCCC1. The Bertz CT molecular complexity index is 367. The summed E-state index contributed by atoms with van der Waals surface area (Å²) in [5.74, 6) is -0.109. The molecule has 0 atom stereocenters. The lowest BCUT2D eigenvalue weighted by molar-refractivity contribution is 0.237. The monoisotopic (exact) mass is 257 g/mol. The summed E-state index contributed by atoms with van der Waals surface area (Å²) < 4.78 is 13.4. The molecule has 1 N–H and O–H groups in total. The van der Waals surface area contributed by atoms with E-state index in [1.54, 1.807) is 0 Å². The van der Waals surface area contributed by atoms with Gasteiger partial charge in [0.15, 0.2) is 11.6 Å². The van der Waals surface area contributed by atoms with Crippen molar-refractivity contribution in [2.75, 3.05) is 31.5 Å². The van der Waals surface area contributed by atoms with Gasteiger partial charge in [-0.15, -0.1) is 0 Å². The Hall–Kier alpha value is -0.870. The van der Waals surface area contributed by atoms with Crippen LogP contribution in [0.2, 0.25) is 5.02 Å². The van der Waals surface area contributed by atoms with Crippen LogP contribution in [-0.2, 0) is 0 Å². The molecular weight excluding hydrogens is 241 g/mol. The molecule has 17 heavy (non-hydrogen) atoms. The average Bonchev–Trinajstić information content (AvgIpc) is 2.33. The van der Waals surface area contributed by atoms with E-state index in [0.717, 1.165) is 19.6 Å². The van der Waals surface area contributed by atoms with Crippen molar-refractivity contribution in [3.8, 4) is 0 Å². The quantitative estimate of drug-likeness (QED) is 0.899. The standard InChI is InChI=1S/C12H17ClFN3/c13-10-8-11(14)12(16-9-10)15-4-7-17-5-2-1-3-6-17/h8-9H,1-7H2,(H,15,16). The van der Waals surface area contributed by atoms with Crippen molar-refractivity contribution in [3.05, 3.63) is 23.1 Å². The molecule has 1 saturated heterocycles. The second-order valence-electron chi connectivity index (χ2n) is 4.31. The fourth-order valence-corrected chi connectivity index (χ4v) is 2.20. The molecule has 1 aliphatic heterocycles. The van der Waals surface area contributed by atoms with Gasteiger partial charge in [-0.1, -0.05) is 18.0 Å². The number of aromatic nitrogens is 1. The zero-order chi connectivity index (χ0) is 12.1. The maximum Gasteiger partial charge on any atom is 0.166 e. The van der Waals surface area contributed by atoms with E-state index in [2.05, 4.69) is 15.2 Å². The number of rotatable bonds is 4. The molecule has 0 aliphatic carbocycles. The van der Waals surface area contributed by atoms with Crippen molar-refractivity contribution in [1.29, 1.82) is 0 Å². The van der Waals surface area contributed by atoms with Gasteiger partial charge in [0.2, 0.25) is 0 Å². The topological polar surface area (TPSA) is 28.2 Å². The second kappa shape index (κ2) is 6.17. The predicted molar refractivity (Wildman–Crippen MR) is 68.0 cm³/mol. The lowest BCUT2D eigenvalue weighted by atomic mass is 10.1. The van der Waals surface area contributed by atoms with Gasteiger partial charge in [0.05, 0.1) is 5.02 Å². The van der Waals surface area contributed by atoms with Crippen LogP contribution in [-0.4, -0.2) is 36.1 Å². The molecule has 3 nitrogen and oxygen atoms in total. The highest BCUT2D eigenvalue weighted by Crippen LogP contribution is 2.15. The van der Waals surface area contributed by atoms with Crippen LogP contribution in [0.15, 0.2) is 12.3 Å². The smallest absolute Gasteiger partial charge is 0.166 e. The highest BCUT2D eigenvalue weighted by Gasteiger charge is 2.10. The van der Waals surface area contributed by atoms with E-state index < -0.39 is 5.82 Å². The first kappa shape index (κ1) is 12.6. The van der Waals surface area contributed by atoms with Crippen LogP contribution in [0.25, 0.3) is 0 Å². The molecule has 1 aromatic rings. The third-order valence-electron chi connectivity index (χ3n) is 2.98. The van der Waals surface area contributed by atoms with Crippen LogP contribution in [0.3, 0.4) is 0 Å². The van der Waals surface area contributed by atoms with Gasteiger partial charge in [-0.2, -0.15) is 0 Å². The molecule has 1 aromatic heterocycles. The Morgan fingerprint density at radius 2 is 2.12 bits per heavy atom. The summed E-state index contributed by atoms with van der Waals surface area (Å²) in [6, 6.07) is 1.28. The third-order valence-corrected chi connectivity index (χ3v) is 3.18. The van der Waals surface area contributed by atoms with Crippen LogP contribution < -0.4 is 5.32 Å². The fraction of sp³-hybridized carbons (Fsp3) is 0.583. The molecule has 2 rings (SSSR count). The van der Waals surface area contributed by atoms with Gasteiger partial charge in [0.1, 0.15) is 0 Å². The maximum atomic E-state index is 13.4. The summed E-state index contributed by atoms with van der Waals surface area (Å²) in [5.41, 5.74) is 0. The molecule has 1 aliphatic rings. The number of halogens is 2. The largest absolute Gasteiger partial charge is 0.366 e. The Balaban J connectivity index is 1.77. The van der Waals surface area contributed by atoms with Crippen molar-refractivity contribution >= 4 is 17.4 Å². The second-order valence-corrected chi connectivity index (χ2v) is 4.75.